The smallest absolute Gasteiger partial charge is 0.123 e. The highest BCUT2D eigenvalue weighted by Crippen LogP contribution is 2.13. The van der Waals surface area contributed by atoms with Gasteiger partial charge >= 0.3 is 0 Å². The fraction of sp³-hybridized carbons (Fsp3) is 0.308. The van der Waals surface area contributed by atoms with Crippen LogP contribution in [0.25, 0.3) is 0 Å². The standard InChI is InChI=1S/C13H15FN2O/c1-9-3-4-12(14)7-11(9)8-16-6-5-13(15-16)10(2)17/h3-7,10,17H,8H2,1-2H3/t10-/m1/s1. The van der Waals surface area contributed by atoms with Gasteiger partial charge in [-0.25, -0.2) is 4.39 Å². The number of aryl methyl sites for hydroxylation is 1. The van der Waals surface area contributed by atoms with Crippen LogP contribution in [0.15, 0.2) is 30.5 Å². The summed E-state index contributed by atoms with van der Waals surface area (Å²) in [7, 11) is 0. The summed E-state index contributed by atoms with van der Waals surface area (Å²) in [6, 6.07) is 6.48. The average Bonchev–Trinajstić information content (AvgIpc) is 2.72. The molecule has 0 fully saturated rings. The van der Waals surface area contributed by atoms with Gasteiger partial charge in [-0.2, -0.15) is 5.10 Å². The molecule has 0 saturated heterocycles. The fourth-order valence-corrected chi connectivity index (χ4v) is 1.67. The first kappa shape index (κ1) is 11.8. The van der Waals surface area contributed by atoms with Crippen LogP contribution in [0.2, 0.25) is 0 Å². The maximum absolute atomic E-state index is 13.1. The number of halogens is 1. The van der Waals surface area contributed by atoms with Gasteiger partial charge in [-0.15, -0.1) is 0 Å². The van der Waals surface area contributed by atoms with Gasteiger partial charge in [0.1, 0.15) is 5.82 Å². The van der Waals surface area contributed by atoms with Crippen molar-refractivity contribution in [3.05, 3.63) is 53.1 Å². The molecule has 1 heterocycles. The molecule has 1 aromatic heterocycles. The van der Waals surface area contributed by atoms with Crippen LogP contribution in [-0.4, -0.2) is 14.9 Å². The van der Waals surface area contributed by atoms with Gasteiger partial charge in [-0.3, -0.25) is 4.68 Å². The molecule has 3 nitrogen and oxygen atoms in total. The number of rotatable bonds is 3. The third kappa shape index (κ3) is 2.71. The highest BCUT2D eigenvalue weighted by atomic mass is 19.1. The van der Waals surface area contributed by atoms with Gasteiger partial charge in [0.25, 0.3) is 0 Å². The molecule has 0 aliphatic heterocycles. The van der Waals surface area contributed by atoms with Crippen molar-refractivity contribution in [2.45, 2.75) is 26.5 Å². The first-order valence-electron chi connectivity index (χ1n) is 5.52. The molecule has 17 heavy (non-hydrogen) atoms. The summed E-state index contributed by atoms with van der Waals surface area (Å²) in [4.78, 5) is 0. The highest BCUT2D eigenvalue weighted by molar-refractivity contribution is 5.26. The van der Waals surface area contributed by atoms with E-state index in [1.54, 1.807) is 29.9 Å². The number of aromatic nitrogens is 2. The molecular formula is C13H15FN2O. The van der Waals surface area contributed by atoms with E-state index < -0.39 is 6.10 Å². The van der Waals surface area contributed by atoms with Gasteiger partial charge in [0.05, 0.1) is 18.3 Å². The minimum atomic E-state index is -0.579. The molecule has 90 valence electrons. The van der Waals surface area contributed by atoms with Crippen molar-refractivity contribution in [1.82, 2.24) is 9.78 Å². The van der Waals surface area contributed by atoms with E-state index in [2.05, 4.69) is 5.10 Å². The lowest BCUT2D eigenvalue weighted by atomic mass is 10.1. The SMILES string of the molecule is Cc1ccc(F)cc1Cn1ccc([C@@H](C)O)n1. The van der Waals surface area contributed by atoms with E-state index in [1.165, 1.54) is 12.1 Å². The number of aliphatic hydroxyl groups is 1. The van der Waals surface area contributed by atoms with Crippen molar-refractivity contribution in [1.29, 1.82) is 0 Å². The summed E-state index contributed by atoms with van der Waals surface area (Å²) in [5.41, 5.74) is 2.55. The van der Waals surface area contributed by atoms with Crippen LogP contribution in [-0.2, 0) is 6.54 Å². The Morgan fingerprint density at radius 2 is 2.18 bits per heavy atom. The lowest BCUT2D eigenvalue weighted by Gasteiger charge is -2.06. The van der Waals surface area contributed by atoms with E-state index in [-0.39, 0.29) is 5.82 Å². The molecular weight excluding hydrogens is 219 g/mol. The van der Waals surface area contributed by atoms with Crippen LogP contribution in [0.4, 0.5) is 4.39 Å². The largest absolute Gasteiger partial charge is 0.387 e. The quantitative estimate of drug-likeness (QED) is 0.885. The van der Waals surface area contributed by atoms with E-state index >= 15 is 0 Å². The predicted octanol–water partition coefficient (Wildman–Crippen LogP) is 2.43. The fourth-order valence-electron chi connectivity index (χ4n) is 1.67. The maximum Gasteiger partial charge on any atom is 0.123 e. The second-order valence-corrected chi connectivity index (χ2v) is 4.18. The molecule has 0 saturated carbocycles. The van der Waals surface area contributed by atoms with Crippen LogP contribution in [0, 0.1) is 12.7 Å². The van der Waals surface area contributed by atoms with Gasteiger partial charge < -0.3 is 5.11 Å². The molecule has 2 rings (SSSR count). The van der Waals surface area contributed by atoms with Crippen molar-refractivity contribution < 1.29 is 9.50 Å². The average molecular weight is 234 g/mol. The van der Waals surface area contributed by atoms with Crippen molar-refractivity contribution in [2.75, 3.05) is 0 Å². The molecule has 4 heteroatoms. The number of benzene rings is 1. The summed E-state index contributed by atoms with van der Waals surface area (Å²) in [6.45, 7) is 4.12. The lowest BCUT2D eigenvalue weighted by Crippen LogP contribution is -2.04. The van der Waals surface area contributed by atoms with Crippen molar-refractivity contribution in [3.63, 3.8) is 0 Å². The zero-order valence-electron chi connectivity index (χ0n) is 9.89. The molecule has 0 unspecified atom stereocenters. The van der Waals surface area contributed by atoms with Gasteiger partial charge in [0.15, 0.2) is 0 Å². The van der Waals surface area contributed by atoms with Crippen LogP contribution in [0.1, 0.15) is 29.8 Å². The molecule has 0 aliphatic carbocycles. The second kappa shape index (κ2) is 4.67. The molecule has 1 atom stereocenters. The van der Waals surface area contributed by atoms with Gasteiger partial charge in [0, 0.05) is 6.20 Å². The van der Waals surface area contributed by atoms with E-state index in [4.69, 9.17) is 0 Å². The molecule has 1 aromatic carbocycles. The summed E-state index contributed by atoms with van der Waals surface area (Å²) in [6.07, 6.45) is 1.21. The zero-order valence-corrected chi connectivity index (χ0v) is 9.89. The molecule has 0 amide bonds. The van der Waals surface area contributed by atoms with E-state index in [1.807, 2.05) is 6.92 Å². The van der Waals surface area contributed by atoms with Gasteiger partial charge in [0.2, 0.25) is 0 Å². The molecule has 2 aromatic rings. The Bertz CT molecular complexity index is 520. The minimum absolute atomic E-state index is 0.242. The van der Waals surface area contributed by atoms with Gasteiger partial charge in [-0.1, -0.05) is 6.07 Å². The van der Waals surface area contributed by atoms with Crippen molar-refractivity contribution in [3.8, 4) is 0 Å². The van der Waals surface area contributed by atoms with Crippen LogP contribution in [0.3, 0.4) is 0 Å². The zero-order chi connectivity index (χ0) is 12.4. The molecule has 0 aliphatic rings. The molecule has 0 spiro atoms. The van der Waals surface area contributed by atoms with E-state index in [0.29, 0.717) is 12.2 Å². The summed E-state index contributed by atoms with van der Waals surface area (Å²) >= 11 is 0. The lowest BCUT2D eigenvalue weighted by molar-refractivity contribution is 0.193. The minimum Gasteiger partial charge on any atom is -0.387 e. The number of hydrogen-bond acceptors (Lipinski definition) is 2. The monoisotopic (exact) mass is 234 g/mol. The number of nitrogens with zero attached hydrogens (tertiary/aromatic N) is 2. The Hall–Kier alpha value is -1.68. The van der Waals surface area contributed by atoms with E-state index in [9.17, 15) is 9.50 Å². The third-order valence-electron chi connectivity index (χ3n) is 2.73. The Balaban J connectivity index is 2.22. The first-order chi connectivity index (χ1) is 8.06. The van der Waals surface area contributed by atoms with Crippen LogP contribution in [0.5, 0.6) is 0 Å². The second-order valence-electron chi connectivity index (χ2n) is 4.18. The Labute approximate surface area is 99.5 Å². The Morgan fingerprint density at radius 3 is 2.82 bits per heavy atom. The summed E-state index contributed by atoms with van der Waals surface area (Å²) in [5.74, 6) is -0.242. The number of aliphatic hydroxyl groups excluding tert-OH is 1. The Kier molecular flexibility index (Phi) is 3.24. The van der Waals surface area contributed by atoms with Crippen LogP contribution >= 0.6 is 0 Å². The predicted molar refractivity (Wildman–Crippen MR) is 63.1 cm³/mol. The maximum atomic E-state index is 13.1. The summed E-state index contributed by atoms with van der Waals surface area (Å²) < 4.78 is 14.8. The first-order valence-corrected chi connectivity index (χ1v) is 5.52. The topological polar surface area (TPSA) is 38.0 Å². The van der Waals surface area contributed by atoms with Crippen molar-refractivity contribution in [2.24, 2.45) is 0 Å². The third-order valence-corrected chi connectivity index (χ3v) is 2.73. The normalized spacial score (nSPS) is 12.7. The molecule has 1 N–H and O–H groups in total. The molecule has 0 radical (unpaired) electrons. The van der Waals surface area contributed by atoms with Crippen LogP contribution < -0.4 is 0 Å². The van der Waals surface area contributed by atoms with Crippen molar-refractivity contribution >= 4 is 0 Å². The molecule has 0 bridgehead atoms. The number of hydrogen-bond donors (Lipinski definition) is 1. The highest BCUT2D eigenvalue weighted by Gasteiger charge is 2.06. The summed E-state index contributed by atoms with van der Waals surface area (Å²) in [5, 5.41) is 13.6. The van der Waals surface area contributed by atoms with Gasteiger partial charge in [-0.05, 0) is 43.2 Å². The Morgan fingerprint density at radius 1 is 1.41 bits per heavy atom. The van der Waals surface area contributed by atoms with E-state index in [0.717, 1.165) is 11.1 Å².